The summed E-state index contributed by atoms with van der Waals surface area (Å²) in [7, 11) is 0. The first kappa shape index (κ1) is 17.3. The molecule has 1 aromatic heterocycles. The first-order chi connectivity index (χ1) is 11.2. The third-order valence-electron chi connectivity index (χ3n) is 5.57. The zero-order chi connectivity index (χ0) is 15.8. The predicted octanol–water partition coefficient (Wildman–Crippen LogP) is 3.42. The Kier molecular flexibility index (Phi) is 5.16. The molecule has 0 aliphatic carbocycles. The topological polar surface area (TPSA) is 45.5 Å². The fourth-order valence-corrected chi connectivity index (χ4v) is 4.05. The minimum Gasteiger partial charge on any atom is -0.460 e. The first-order valence-electron chi connectivity index (χ1n) is 8.70. The molecule has 2 aliphatic rings. The van der Waals surface area contributed by atoms with Crippen molar-refractivity contribution in [3.05, 3.63) is 36.1 Å². The van der Waals surface area contributed by atoms with Crippen molar-refractivity contribution in [3.8, 4) is 0 Å². The van der Waals surface area contributed by atoms with E-state index in [9.17, 15) is 4.79 Å². The van der Waals surface area contributed by atoms with Crippen LogP contribution in [-0.4, -0.2) is 37.0 Å². The highest BCUT2D eigenvalue weighted by Gasteiger charge is 2.33. The van der Waals surface area contributed by atoms with Gasteiger partial charge < -0.3 is 14.6 Å². The smallest absolute Gasteiger partial charge is 0.233 e. The molecule has 2 aromatic rings. The number of benzene rings is 1. The molecule has 3 atom stereocenters. The van der Waals surface area contributed by atoms with E-state index in [4.69, 9.17) is 4.42 Å². The molecule has 4 rings (SSSR count). The van der Waals surface area contributed by atoms with E-state index in [2.05, 4.69) is 10.2 Å². The molecule has 1 amide bonds. The van der Waals surface area contributed by atoms with Crippen LogP contribution in [0, 0.1) is 11.8 Å². The maximum Gasteiger partial charge on any atom is 0.233 e. The molecular formula is C19H25ClN2O2. The third-order valence-corrected chi connectivity index (χ3v) is 5.57. The molecular weight excluding hydrogens is 324 g/mol. The average Bonchev–Trinajstić information content (AvgIpc) is 3.16. The van der Waals surface area contributed by atoms with Crippen molar-refractivity contribution in [2.24, 2.45) is 11.8 Å². The highest BCUT2D eigenvalue weighted by molar-refractivity contribution is 5.86. The van der Waals surface area contributed by atoms with Gasteiger partial charge in [-0.15, -0.1) is 12.4 Å². The van der Waals surface area contributed by atoms with Crippen LogP contribution in [0.25, 0.3) is 11.0 Å². The van der Waals surface area contributed by atoms with Crippen LogP contribution in [0.1, 0.15) is 31.4 Å². The molecule has 1 unspecified atom stereocenters. The summed E-state index contributed by atoms with van der Waals surface area (Å²) in [5.41, 5.74) is 0.860. The Morgan fingerprint density at radius 1 is 1.21 bits per heavy atom. The van der Waals surface area contributed by atoms with Crippen LogP contribution in [0.3, 0.4) is 0 Å². The Labute approximate surface area is 149 Å². The van der Waals surface area contributed by atoms with E-state index in [1.165, 1.54) is 0 Å². The fourth-order valence-electron chi connectivity index (χ4n) is 4.05. The van der Waals surface area contributed by atoms with E-state index in [0.29, 0.717) is 0 Å². The van der Waals surface area contributed by atoms with Gasteiger partial charge in [0.2, 0.25) is 5.91 Å². The van der Waals surface area contributed by atoms with E-state index < -0.39 is 0 Å². The zero-order valence-corrected chi connectivity index (χ0v) is 14.8. The van der Waals surface area contributed by atoms with E-state index >= 15 is 0 Å². The molecule has 3 heterocycles. The van der Waals surface area contributed by atoms with Crippen molar-refractivity contribution >= 4 is 29.3 Å². The number of hydrogen-bond donors (Lipinski definition) is 1. The lowest BCUT2D eigenvalue weighted by atomic mass is 9.92. The number of furan rings is 1. The van der Waals surface area contributed by atoms with E-state index in [1.807, 2.05) is 37.3 Å². The van der Waals surface area contributed by atoms with E-state index in [-0.39, 0.29) is 24.2 Å². The number of nitrogens with one attached hydrogen (secondary N) is 1. The number of carbonyl (C=O) groups is 1. The van der Waals surface area contributed by atoms with Gasteiger partial charge in [-0.1, -0.05) is 18.2 Å². The second-order valence-corrected chi connectivity index (χ2v) is 6.99. The Morgan fingerprint density at radius 3 is 2.54 bits per heavy atom. The Balaban J connectivity index is 0.00000169. The van der Waals surface area contributed by atoms with Crippen LogP contribution < -0.4 is 5.32 Å². The standard InChI is InChI=1S/C19H24N2O2.ClH/c1-13(18-10-14-4-2-3-5-17(14)23-18)19(22)21-8-6-15-11-20-12-16(15)7-9-21;/h2-5,10,13,15-16,20H,6-9,11-12H2,1H3;1H/t13?,15-,16+;. The zero-order valence-electron chi connectivity index (χ0n) is 14.0. The number of carbonyl (C=O) groups excluding carboxylic acids is 1. The monoisotopic (exact) mass is 348 g/mol. The molecule has 1 N–H and O–H groups in total. The molecule has 5 heteroatoms. The van der Waals surface area contributed by atoms with Crippen LogP contribution >= 0.6 is 12.4 Å². The fraction of sp³-hybridized carbons (Fsp3) is 0.526. The molecule has 24 heavy (non-hydrogen) atoms. The number of halogens is 1. The number of nitrogens with zero attached hydrogens (tertiary/aromatic N) is 1. The lowest BCUT2D eigenvalue weighted by Gasteiger charge is -2.23. The van der Waals surface area contributed by atoms with Crippen molar-refractivity contribution in [1.82, 2.24) is 10.2 Å². The third kappa shape index (κ3) is 3.17. The maximum atomic E-state index is 12.9. The van der Waals surface area contributed by atoms with Gasteiger partial charge >= 0.3 is 0 Å². The van der Waals surface area contributed by atoms with Gasteiger partial charge in [-0.25, -0.2) is 0 Å². The molecule has 2 saturated heterocycles. The predicted molar refractivity (Wildman–Crippen MR) is 97.5 cm³/mol. The SMILES string of the molecule is CC(C(=O)N1CC[C@@H]2CNC[C@@H]2CC1)c1cc2ccccc2o1.Cl. The Morgan fingerprint density at radius 2 is 1.88 bits per heavy atom. The van der Waals surface area contributed by atoms with Crippen molar-refractivity contribution < 1.29 is 9.21 Å². The van der Waals surface area contributed by atoms with Crippen molar-refractivity contribution in [1.29, 1.82) is 0 Å². The lowest BCUT2D eigenvalue weighted by Crippen LogP contribution is -2.35. The summed E-state index contributed by atoms with van der Waals surface area (Å²) >= 11 is 0. The highest BCUT2D eigenvalue weighted by atomic mass is 35.5. The number of hydrogen-bond acceptors (Lipinski definition) is 3. The number of amides is 1. The van der Waals surface area contributed by atoms with Crippen LogP contribution in [-0.2, 0) is 4.79 Å². The number of rotatable bonds is 2. The summed E-state index contributed by atoms with van der Waals surface area (Å²) in [6, 6.07) is 9.95. The number of para-hydroxylation sites is 1. The molecule has 4 nitrogen and oxygen atoms in total. The minimum absolute atomic E-state index is 0. The molecule has 2 aliphatic heterocycles. The number of likely N-dealkylation sites (tertiary alicyclic amines) is 1. The van der Waals surface area contributed by atoms with Crippen LogP contribution in [0.4, 0.5) is 0 Å². The second-order valence-electron chi connectivity index (χ2n) is 6.99. The lowest BCUT2D eigenvalue weighted by molar-refractivity contribution is -0.132. The molecule has 1 aromatic carbocycles. The Hall–Kier alpha value is -1.52. The largest absolute Gasteiger partial charge is 0.460 e. The van der Waals surface area contributed by atoms with Crippen LogP contribution in [0.15, 0.2) is 34.7 Å². The minimum atomic E-state index is -0.210. The van der Waals surface area contributed by atoms with E-state index in [0.717, 1.165) is 67.6 Å². The summed E-state index contributed by atoms with van der Waals surface area (Å²) in [5.74, 6) is 2.27. The van der Waals surface area contributed by atoms with Gasteiger partial charge in [0.25, 0.3) is 0 Å². The van der Waals surface area contributed by atoms with Gasteiger partial charge in [-0.05, 0) is 56.8 Å². The van der Waals surface area contributed by atoms with Gasteiger partial charge in [-0.3, -0.25) is 4.79 Å². The second kappa shape index (κ2) is 7.16. The normalized spacial score (nSPS) is 25.0. The quantitative estimate of drug-likeness (QED) is 0.904. The molecule has 0 saturated carbocycles. The maximum absolute atomic E-state index is 12.9. The van der Waals surface area contributed by atoms with E-state index in [1.54, 1.807) is 0 Å². The van der Waals surface area contributed by atoms with Gasteiger partial charge in [0.15, 0.2) is 0 Å². The highest BCUT2D eigenvalue weighted by Crippen LogP contribution is 2.30. The summed E-state index contributed by atoms with van der Waals surface area (Å²) in [4.78, 5) is 14.9. The molecule has 130 valence electrons. The summed E-state index contributed by atoms with van der Waals surface area (Å²) < 4.78 is 5.89. The van der Waals surface area contributed by atoms with Crippen molar-refractivity contribution in [2.75, 3.05) is 26.2 Å². The van der Waals surface area contributed by atoms with Crippen LogP contribution in [0.5, 0.6) is 0 Å². The van der Waals surface area contributed by atoms with Crippen molar-refractivity contribution in [3.63, 3.8) is 0 Å². The number of fused-ring (bicyclic) bond motifs is 2. The van der Waals surface area contributed by atoms with Gasteiger partial charge in [-0.2, -0.15) is 0 Å². The summed E-state index contributed by atoms with van der Waals surface area (Å²) in [5, 5.41) is 4.55. The van der Waals surface area contributed by atoms with Crippen LogP contribution in [0.2, 0.25) is 0 Å². The summed E-state index contributed by atoms with van der Waals surface area (Å²) in [6.45, 7) is 5.96. The van der Waals surface area contributed by atoms with Gasteiger partial charge in [0.1, 0.15) is 11.3 Å². The molecule has 0 bridgehead atoms. The first-order valence-corrected chi connectivity index (χ1v) is 8.70. The van der Waals surface area contributed by atoms with Gasteiger partial charge in [0, 0.05) is 18.5 Å². The average molecular weight is 349 g/mol. The Bertz CT molecular complexity index is 667. The summed E-state index contributed by atoms with van der Waals surface area (Å²) in [6.07, 6.45) is 2.24. The van der Waals surface area contributed by atoms with Crippen molar-refractivity contribution in [2.45, 2.75) is 25.7 Å². The molecule has 2 fully saturated rings. The molecule has 0 spiro atoms. The van der Waals surface area contributed by atoms with Gasteiger partial charge in [0.05, 0.1) is 5.92 Å². The molecule has 0 radical (unpaired) electrons.